The number of benzene rings is 1. The molecule has 35 heavy (non-hydrogen) atoms. The molecule has 0 bridgehead atoms. The number of likely N-dealkylation sites (tertiary alicyclic amines) is 1. The second kappa shape index (κ2) is 9.88. The maximum Gasteiger partial charge on any atom is 0.272 e. The molecular formula is C25H22ClF2N5OS. The number of rotatable bonds is 6. The van der Waals surface area contributed by atoms with Crippen molar-refractivity contribution in [1.29, 1.82) is 0 Å². The Morgan fingerprint density at radius 1 is 1.17 bits per heavy atom. The van der Waals surface area contributed by atoms with Crippen molar-refractivity contribution >= 4 is 40.4 Å². The SMILES string of the molecule is [C-]#[N+]c1ccccc1CN(c1ccc(Cl)nn1)[C@H]1CC[C@@H]2CN(C(=O)c3ccc(C(F)F)s3)C[C@@H]21. The molecule has 3 atom stereocenters. The lowest BCUT2D eigenvalue weighted by atomic mass is 9.96. The van der Waals surface area contributed by atoms with E-state index in [-0.39, 0.29) is 22.7 Å². The highest BCUT2D eigenvalue weighted by Gasteiger charge is 2.46. The van der Waals surface area contributed by atoms with E-state index in [9.17, 15) is 13.6 Å². The number of para-hydroxylation sites is 1. The van der Waals surface area contributed by atoms with Gasteiger partial charge in [0, 0.05) is 31.6 Å². The summed E-state index contributed by atoms with van der Waals surface area (Å²) < 4.78 is 26.0. The van der Waals surface area contributed by atoms with E-state index in [0.29, 0.717) is 47.1 Å². The first-order chi connectivity index (χ1) is 16.9. The lowest BCUT2D eigenvalue weighted by molar-refractivity contribution is 0.0784. The number of hydrogen-bond acceptors (Lipinski definition) is 5. The van der Waals surface area contributed by atoms with Crippen LogP contribution >= 0.6 is 22.9 Å². The second-order valence-electron chi connectivity index (χ2n) is 8.86. The van der Waals surface area contributed by atoms with Crippen LogP contribution in [-0.4, -0.2) is 40.1 Å². The Morgan fingerprint density at radius 3 is 2.71 bits per heavy atom. The number of fused-ring (bicyclic) bond motifs is 1. The molecule has 0 N–H and O–H groups in total. The Kier molecular flexibility index (Phi) is 6.67. The van der Waals surface area contributed by atoms with Gasteiger partial charge in [0.1, 0.15) is 0 Å². The third kappa shape index (κ3) is 4.73. The van der Waals surface area contributed by atoms with Gasteiger partial charge in [-0.05, 0) is 48.6 Å². The molecule has 2 aromatic heterocycles. The zero-order valence-electron chi connectivity index (χ0n) is 18.7. The van der Waals surface area contributed by atoms with Crippen molar-refractivity contribution in [2.45, 2.75) is 31.9 Å². The Hall–Kier alpha value is -3.09. The van der Waals surface area contributed by atoms with Crippen LogP contribution in [0.25, 0.3) is 4.85 Å². The largest absolute Gasteiger partial charge is 0.349 e. The van der Waals surface area contributed by atoms with E-state index in [1.54, 1.807) is 17.0 Å². The summed E-state index contributed by atoms with van der Waals surface area (Å²) in [5, 5.41) is 8.66. The number of hydrogen-bond donors (Lipinski definition) is 0. The first-order valence-electron chi connectivity index (χ1n) is 11.3. The Balaban J connectivity index is 1.40. The highest BCUT2D eigenvalue weighted by molar-refractivity contribution is 7.14. The zero-order valence-corrected chi connectivity index (χ0v) is 20.2. The van der Waals surface area contributed by atoms with Crippen LogP contribution in [0, 0.1) is 18.4 Å². The van der Waals surface area contributed by atoms with Gasteiger partial charge in [0.05, 0.1) is 16.3 Å². The number of nitrogens with zero attached hydrogens (tertiary/aromatic N) is 5. The van der Waals surface area contributed by atoms with Crippen molar-refractivity contribution in [2.75, 3.05) is 18.0 Å². The monoisotopic (exact) mass is 513 g/mol. The van der Waals surface area contributed by atoms with Gasteiger partial charge in [-0.15, -0.1) is 21.5 Å². The van der Waals surface area contributed by atoms with Gasteiger partial charge in [0.15, 0.2) is 16.7 Å². The summed E-state index contributed by atoms with van der Waals surface area (Å²) in [7, 11) is 0. The number of aromatic nitrogens is 2. The van der Waals surface area contributed by atoms with E-state index in [2.05, 4.69) is 19.9 Å². The van der Waals surface area contributed by atoms with Crippen LogP contribution in [-0.2, 0) is 6.54 Å². The number of halogens is 3. The van der Waals surface area contributed by atoms with Crippen LogP contribution in [0.2, 0.25) is 5.15 Å². The van der Waals surface area contributed by atoms with Gasteiger partial charge in [-0.25, -0.2) is 13.6 Å². The first-order valence-corrected chi connectivity index (χ1v) is 12.5. The maximum atomic E-state index is 13.1. The van der Waals surface area contributed by atoms with Crippen molar-refractivity contribution in [2.24, 2.45) is 11.8 Å². The molecule has 3 heterocycles. The molecule has 0 unspecified atom stereocenters. The highest BCUT2D eigenvalue weighted by atomic mass is 35.5. The molecule has 1 aromatic carbocycles. The van der Waals surface area contributed by atoms with Crippen LogP contribution in [0.15, 0.2) is 48.5 Å². The molecule has 6 nitrogen and oxygen atoms in total. The molecule has 10 heteroatoms. The van der Waals surface area contributed by atoms with E-state index in [1.807, 2.05) is 24.3 Å². The molecule has 180 valence electrons. The zero-order chi connectivity index (χ0) is 24.5. The third-order valence-electron chi connectivity index (χ3n) is 6.92. The molecule has 1 saturated heterocycles. The van der Waals surface area contributed by atoms with Crippen molar-refractivity contribution in [3.8, 4) is 0 Å². The number of alkyl halides is 2. The van der Waals surface area contributed by atoms with Crippen LogP contribution in [0.1, 0.15) is 39.4 Å². The van der Waals surface area contributed by atoms with E-state index >= 15 is 0 Å². The van der Waals surface area contributed by atoms with Crippen LogP contribution < -0.4 is 4.90 Å². The fourth-order valence-electron chi connectivity index (χ4n) is 5.30. The molecule has 1 amide bonds. The number of carbonyl (C=O) groups excluding carboxylic acids is 1. The lowest BCUT2D eigenvalue weighted by Gasteiger charge is -2.34. The van der Waals surface area contributed by atoms with E-state index in [1.165, 1.54) is 12.1 Å². The second-order valence-corrected chi connectivity index (χ2v) is 10.4. The Bertz CT molecular complexity index is 1260. The normalized spacial score (nSPS) is 21.2. The van der Waals surface area contributed by atoms with Crippen LogP contribution in [0.3, 0.4) is 0 Å². The average Bonchev–Trinajstić information content (AvgIpc) is 3.59. The van der Waals surface area contributed by atoms with E-state index < -0.39 is 6.43 Å². The molecule has 2 fully saturated rings. The van der Waals surface area contributed by atoms with Gasteiger partial charge in [-0.3, -0.25) is 4.79 Å². The summed E-state index contributed by atoms with van der Waals surface area (Å²) in [4.78, 5) is 21.0. The van der Waals surface area contributed by atoms with Gasteiger partial charge in [-0.1, -0.05) is 35.9 Å². The van der Waals surface area contributed by atoms with E-state index in [0.717, 1.165) is 29.7 Å². The quantitative estimate of drug-likeness (QED) is 0.366. The van der Waals surface area contributed by atoms with Crippen molar-refractivity contribution < 1.29 is 13.6 Å². The first kappa shape index (κ1) is 23.6. The summed E-state index contributed by atoms with van der Waals surface area (Å²) >= 11 is 6.85. The molecule has 5 rings (SSSR count). The number of carbonyl (C=O) groups is 1. The van der Waals surface area contributed by atoms with Gasteiger partial charge in [0.2, 0.25) is 0 Å². The standard InChI is InChI=1S/C25H22ClF2N5OS/c1-29-18-5-3-2-4-16(18)13-33(23-11-10-22(26)30-31-23)19-7-6-15-12-32(14-17(15)19)25(34)21-9-8-20(35-21)24(27)28/h2-5,8-11,15,17,19,24H,6-7,12-14H2/t15-,17+,19+/m1/s1. The molecule has 1 aliphatic heterocycles. The van der Waals surface area contributed by atoms with Gasteiger partial charge >= 0.3 is 0 Å². The number of thiophene rings is 1. The molecule has 0 radical (unpaired) electrons. The van der Waals surface area contributed by atoms with Gasteiger partial charge in [-0.2, -0.15) is 0 Å². The smallest absolute Gasteiger partial charge is 0.272 e. The molecule has 3 aromatic rings. The minimum absolute atomic E-state index is 0.0865. The Labute approximate surface area is 211 Å². The molecule has 1 aliphatic carbocycles. The fraction of sp³-hybridized carbons (Fsp3) is 0.360. The van der Waals surface area contributed by atoms with Crippen LogP contribution in [0.5, 0.6) is 0 Å². The summed E-state index contributed by atoms with van der Waals surface area (Å²) in [5.74, 6) is 0.999. The molecule has 1 saturated carbocycles. The molecular weight excluding hydrogens is 492 g/mol. The Morgan fingerprint density at radius 2 is 2.00 bits per heavy atom. The molecule has 2 aliphatic rings. The van der Waals surface area contributed by atoms with Crippen LogP contribution in [0.4, 0.5) is 20.3 Å². The van der Waals surface area contributed by atoms with Gasteiger partial charge < -0.3 is 9.80 Å². The predicted molar refractivity (Wildman–Crippen MR) is 131 cm³/mol. The number of amides is 1. The number of anilines is 1. The lowest BCUT2D eigenvalue weighted by Crippen LogP contribution is -2.41. The van der Waals surface area contributed by atoms with Crippen molar-refractivity contribution in [3.05, 3.63) is 80.4 Å². The average molecular weight is 514 g/mol. The predicted octanol–water partition coefficient (Wildman–Crippen LogP) is 6.24. The minimum atomic E-state index is -2.57. The fourth-order valence-corrected chi connectivity index (χ4v) is 6.23. The third-order valence-corrected chi connectivity index (χ3v) is 8.21. The minimum Gasteiger partial charge on any atom is -0.349 e. The summed E-state index contributed by atoms with van der Waals surface area (Å²) in [6.07, 6.45) is -0.694. The van der Waals surface area contributed by atoms with Crippen molar-refractivity contribution in [1.82, 2.24) is 15.1 Å². The van der Waals surface area contributed by atoms with Crippen molar-refractivity contribution in [3.63, 3.8) is 0 Å². The maximum absolute atomic E-state index is 13.1. The van der Waals surface area contributed by atoms with E-state index in [4.69, 9.17) is 18.2 Å². The molecule has 0 spiro atoms. The summed E-state index contributed by atoms with van der Waals surface area (Å²) in [6.45, 7) is 9.19. The topological polar surface area (TPSA) is 53.7 Å². The van der Waals surface area contributed by atoms with Gasteiger partial charge in [0.25, 0.3) is 12.3 Å². The summed E-state index contributed by atoms with van der Waals surface area (Å²) in [5.41, 5.74) is 1.48. The highest BCUT2D eigenvalue weighted by Crippen LogP contribution is 2.43. The summed E-state index contributed by atoms with van der Waals surface area (Å²) in [6, 6.07) is 14.0.